The van der Waals surface area contributed by atoms with Gasteiger partial charge in [-0.15, -0.1) is 10.2 Å². The molecule has 1 aromatic carbocycles. The van der Waals surface area contributed by atoms with Crippen LogP contribution in [-0.4, -0.2) is 57.5 Å². The highest BCUT2D eigenvalue weighted by Gasteiger charge is 2.30. The summed E-state index contributed by atoms with van der Waals surface area (Å²) in [5, 5.41) is 14.0. The number of aromatic nitrogens is 4. The molecule has 1 saturated heterocycles. The smallest absolute Gasteiger partial charge is 0.253 e. The van der Waals surface area contributed by atoms with E-state index in [0.29, 0.717) is 30.2 Å². The molecule has 1 unspecified atom stereocenters. The van der Waals surface area contributed by atoms with Crippen LogP contribution >= 0.6 is 0 Å². The second-order valence-corrected chi connectivity index (χ2v) is 5.66. The first-order chi connectivity index (χ1) is 11.6. The first-order valence-electron chi connectivity index (χ1n) is 7.63. The number of nitrogens with zero attached hydrogens (tertiary/aromatic N) is 5. The lowest BCUT2D eigenvalue weighted by Gasteiger charge is -2.18. The molecule has 1 atom stereocenters. The number of H-pyrrole nitrogens is 1. The van der Waals surface area contributed by atoms with Crippen LogP contribution < -0.4 is 4.90 Å². The fraction of sp³-hybridized carbons (Fsp3) is 0.312. The van der Waals surface area contributed by atoms with Crippen molar-refractivity contribution in [2.45, 2.75) is 12.3 Å². The van der Waals surface area contributed by atoms with E-state index in [1.807, 2.05) is 0 Å². The number of hydrogen-bond acceptors (Lipinski definition) is 5. The van der Waals surface area contributed by atoms with E-state index < -0.39 is 0 Å². The number of benzene rings is 1. The Morgan fingerprint density at radius 3 is 2.75 bits per heavy atom. The first-order valence-corrected chi connectivity index (χ1v) is 7.63. The fourth-order valence-electron chi connectivity index (χ4n) is 2.77. The molecule has 124 valence electrons. The van der Waals surface area contributed by atoms with E-state index in [2.05, 4.69) is 27.2 Å². The van der Waals surface area contributed by atoms with Crippen LogP contribution in [0.4, 0.5) is 5.69 Å². The Bertz CT molecular complexity index is 740. The van der Waals surface area contributed by atoms with Gasteiger partial charge in [-0.1, -0.05) is 11.8 Å². The normalized spacial score (nSPS) is 16.9. The van der Waals surface area contributed by atoms with Crippen LogP contribution in [0, 0.1) is 0 Å². The molecule has 2 heterocycles. The quantitative estimate of drug-likeness (QED) is 0.845. The van der Waals surface area contributed by atoms with Crippen LogP contribution in [0.3, 0.4) is 0 Å². The van der Waals surface area contributed by atoms with Gasteiger partial charge >= 0.3 is 0 Å². The number of nitrogens with one attached hydrogen (secondary N) is 1. The minimum Gasteiger partial charge on any atom is -0.338 e. The Kier molecular flexibility index (Phi) is 4.37. The van der Waals surface area contributed by atoms with Gasteiger partial charge in [0, 0.05) is 37.3 Å². The molecule has 3 rings (SSSR count). The molecule has 0 spiro atoms. The summed E-state index contributed by atoms with van der Waals surface area (Å²) < 4.78 is 0. The summed E-state index contributed by atoms with van der Waals surface area (Å²) in [6.07, 6.45) is 2.07. The first kappa shape index (κ1) is 15.9. The Labute approximate surface area is 139 Å². The lowest BCUT2D eigenvalue weighted by molar-refractivity contribution is -0.113. The molecule has 1 aliphatic heterocycles. The number of carbonyl (C=O) groups excluding carboxylic acids is 2. The van der Waals surface area contributed by atoms with Crippen molar-refractivity contribution in [1.82, 2.24) is 25.5 Å². The average Bonchev–Trinajstić information content (AvgIpc) is 3.31. The molecule has 2 amide bonds. The number of likely N-dealkylation sites (tertiary alicyclic amines) is 1. The van der Waals surface area contributed by atoms with Crippen LogP contribution in [0.2, 0.25) is 0 Å². The van der Waals surface area contributed by atoms with E-state index in [4.69, 9.17) is 0 Å². The van der Waals surface area contributed by atoms with Crippen LogP contribution in [-0.2, 0) is 4.79 Å². The highest BCUT2D eigenvalue weighted by atomic mass is 16.2. The lowest BCUT2D eigenvalue weighted by atomic mass is 10.1. The predicted molar refractivity (Wildman–Crippen MR) is 87.5 cm³/mol. The summed E-state index contributed by atoms with van der Waals surface area (Å²) in [5.41, 5.74) is 1.30. The Morgan fingerprint density at radius 2 is 2.12 bits per heavy atom. The zero-order chi connectivity index (χ0) is 17.1. The van der Waals surface area contributed by atoms with Gasteiger partial charge in [0.05, 0.1) is 0 Å². The van der Waals surface area contributed by atoms with Crippen LogP contribution in [0.1, 0.15) is 28.5 Å². The summed E-state index contributed by atoms with van der Waals surface area (Å²) in [5.74, 6) is 0.523. The van der Waals surface area contributed by atoms with E-state index in [9.17, 15) is 9.59 Å². The van der Waals surface area contributed by atoms with Gasteiger partial charge in [-0.2, -0.15) is 5.21 Å². The Morgan fingerprint density at radius 1 is 1.38 bits per heavy atom. The maximum absolute atomic E-state index is 12.6. The molecule has 8 heteroatoms. The maximum atomic E-state index is 12.6. The molecule has 24 heavy (non-hydrogen) atoms. The molecule has 0 saturated carbocycles. The highest BCUT2D eigenvalue weighted by Crippen LogP contribution is 2.25. The van der Waals surface area contributed by atoms with Crippen molar-refractivity contribution in [3.63, 3.8) is 0 Å². The van der Waals surface area contributed by atoms with Crippen LogP contribution in [0.5, 0.6) is 0 Å². The number of hydrogen-bond donors (Lipinski definition) is 1. The molecule has 0 bridgehead atoms. The molecular weight excluding hydrogens is 308 g/mol. The van der Waals surface area contributed by atoms with Gasteiger partial charge in [-0.05, 0) is 36.8 Å². The molecule has 1 aliphatic rings. The van der Waals surface area contributed by atoms with Gasteiger partial charge in [0.1, 0.15) is 0 Å². The maximum Gasteiger partial charge on any atom is 0.253 e. The molecule has 2 aromatic rings. The zero-order valence-electron chi connectivity index (χ0n) is 13.3. The molecule has 8 nitrogen and oxygen atoms in total. The number of likely N-dealkylation sites (N-methyl/N-ethyl adjacent to an activating group) is 1. The SMILES string of the molecule is C=CC(=O)N(C)c1ccc(C(=O)N2CCC(c3nn[nH]n3)C2)cc1. The number of rotatable bonds is 4. The Balaban J connectivity index is 1.67. The fourth-order valence-corrected chi connectivity index (χ4v) is 2.77. The van der Waals surface area contributed by atoms with E-state index in [-0.39, 0.29) is 17.7 Å². The van der Waals surface area contributed by atoms with Crippen molar-refractivity contribution < 1.29 is 9.59 Å². The van der Waals surface area contributed by atoms with Gasteiger partial charge < -0.3 is 9.80 Å². The van der Waals surface area contributed by atoms with Crippen molar-refractivity contribution in [1.29, 1.82) is 0 Å². The van der Waals surface area contributed by atoms with Gasteiger partial charge in [-0.3, -0.25) is 9.59 Å². The van der Waals surface area contributed by atoms with Gasteiger partial charge in [0.2, 0.25) is 5.91 Å². The zero-order valence-corrected chi connectivity index (χ0v) is 13.3. The second-order valence-electron chi connectivity index (χ2n) is 5.66. The van der Waals surface area contributed by atoms with Crippen LogP contribution in [0.25, 0.3) is 0 Å². The number of aromatic amines is 1. The number of tetrazole rings is 1. The monoisotopic (exact) mass is 326 g/mol. The van der Waals surface area contributed by atoms with E-state index in [0.717, 1.165) is 6.42 Å². The molecule has 1 aromatic heterocycles. The minimum absolute atomic E-state index is 0.0368. The number of carbonyl (C=O) groups is 2. The van der Waals surface area contributed by atoms with Crippen molar-refractivity contribution >= 4 is 17.5 Å². The molecular formula is C16H18N6O2. The predicted octanol–water partition coefficient (Wildman–Crippen LogP) is 0.978. The van der Waals surface area contributed by atoms with Crippen molar-refractivity contribution in [3.8, 4) is 0 Å². The number of anilines is 1. The summed E-state index contributed by atoms with van der Waals surface area (Å²) in [6.45, 7) is 4.70. The summed E-state index contributed by atoms with van der Waals surface area (Å²) in [4.78, 5) is 27.5. The topological polar surface area (TPSA) is 95.1 Å². The van der Waals surface area contributed by atoms with Gasteiger partial charge in [-0.25, -0.2) is 0 Å². The van der Waals surface area contributed by atoms with E-state index in [1.165, 1.54) is 11.0 Å². The highest BCUT2D eigenvalue weighted by molar-refractivity contribution is 6.01. The third kappa shape index (κ3) is 3.03. The van der Waals surface area contributed by atoms with Crippen LogP contribution in [0.15, 0.2) is 36.9 Å². The van der Waals surface area contributed by atoms with Crippen molar-refractivity contribution in [2.75, 3.05) is 25.0 Å². The minimum atomic E-state index is -0.198. The molecule has 0 radical (unpaired) electrons. The Hall–Kier alpha value is -3.03. The standard InChI is InChI=1S/C16H18N6O2/c1-3-14(23)21(2)13-6-4-11(5-7-13)16(24)22-9-8-12(10-22)15-17-19-20-18-15/h3-7,12H,1,8-10H2,2H3,(H,17,18,19,20). The van der Waals surface area contributed by atoms with E-state index in [1.54, 1.807) is 36.2 Å². The summed E-state index contributed by atoms with van der Waals surface area (Å²) in [6, 6.07) is 6.96. The van der Waals surface area contributed by atoms with E-state index >= 15 is 0 Å². The lowest BCUT2D eigenvalue weighted by Crippen LogP contribution is -2.28. The third-order valence-corrected chi connectivity index (χ3v) is 4.21. The van der Waals surface area contributed by atoms with Gasteiger partial charge in [0.25, 0.3) is 5.91 Å². The third-order valence-electron chi connectivity index (χ3n) is 4.21. The van der Waals surface area contributed by atoms with Gasteiger partial charge in [0.15, 0.2) is 5.82 Å². The molecule has 1 fully saturated rings. The average molecular weight is 326 g/mol. The second kappa shape index (κ2) is 6.61. The van der Waals surface area contributed by atoms with Crippen molar-refractivity contribution in [2.24, 2.45) is 0 Å². The number of amides is 2. The van der Waals surface area contributed by atoms with Crippen molar-refractivity contribution in [3.05, 3.63) is 48.3 Å². The summed E-state index contributed by atoms with van der Waals surface area (Å²) >= 11 is 0. The molecule has 0 aliphatic carbocycles. The molecule has 1 N–H and O–H groups in total. The largest absolute Gasteiger partial charge is 0.338 e. The summed E-state index contributed by atoms with van der Waals surface area (Å²) in [7, 11) is 1.66.